The van der Waals surface area contributed by atoms with Crippen LogP contribution in [0.2, 0.25) is 0 Å². The third kappa shape index (κ3) is 4.68. The second-order valence-electron chi connectivity index (χ2n) is 7.22. The molecule has 0 radical (unpaired) electrons. The summed E-state index contributed by atoms with van der Waals surface area (Å²) >= 11 is 1.63. The van der Waals surface area contributed by atoms with Crippen molar-refractivity contribution >= 4 is 17.7 Å². The topological polar surface area (TPSA) is 38.3 Å². The normalized spacial score (nSPS) is 27.5. The molecule has 1 heterocycles. The highest BCUT2D eigenvalue weighted by atomic mass is 32.2. The molecular weight excluding hydrogens is 294 g/mol. The summed E-state index contributed by atoms with van der Waals surface area (Å²) in [4.78, 5) is 13.4. The van der Waals surface area contributed by atoms with E-state index in [1.165, 1.54) is 25.7 Å². The van der Waals surface area contributed by atoms with Gasteiger partial charge in [0.1, 0.15) is 10.7 Å². The van der Waals surface area contributed by atoms with Crippen molar-refractivity contribution in [3.05, 3.63) is 10.7 Å². The summed E-state index contributed by atoms with van der Waals surface area (Å²) in [6.07, 6.45) is 6.16. The van der Waals surface area contributed by atoms with Gasteiger partial charge < -0.3 is 10.1 Å². The van der Waals surface area contributed by atoms with E-state index in [9.17, 15) is 4.79 Å². The molecule has 0 saturated heterocycles. The first kappa shape index (κ1) is 17.7. The molecule has 0 aromatic rings. The largest absolute Gasteiger partial charge is 0.496 e. The maximum atomic E-state index is 12.6. The number of thioether (sulfide) groups is 1. The molecule has 4 heteroatoms. The molecule has 0 aromatic heterocycles. The minimum atomic E-state index is 0.0795. The SMILES string of the molecule is CC1=C(C(=O)NC2CCCCC2C(C)CC(C)C)SCCO1. The zero-order valence-electron chi connectivity index (χ0n) is 14.5. The lowest BCUT2D eigenvalue weighted by atomic mass is 9.74. The molecule has 3 atom stereocenters. The van der Waals surface area contributed by atoms with Crippen LogP contribution in [0.15, 0.2) is 10.7 Å². The van der Waals surface area contributed by atoms with E-state index in [1.54, 1.807) is 11.8 Å². The Morgan fingerprint density at radius 3 is 2.73 bits per heavy atom. The standard InChI is InChI=1S/C18H31NO2S/c1-12(2)11-13(3)15-7-5-6-8-16(15)19-18(20)17-14(4)21-9-10-22-17/h12-13,15-16H,5-11H2,1-4H3,(H,19,20). The van der Waals surface area contributed by atoms with Gasteiger partial charge in [-0.05, 0) is 43.9 Å². The van der Waals surface area contributed by atoms with E-state index in [0.29, 0.717) is 24.5 Å². The molecular formula is C18H31NO2S. The van der Waals surface area contributed by atoms with E-state index in [1.807, 2.05) is 6.92 Å². The van der Waals surface area contributed by atoms with Crippen molar-refractivity contribution in [2.24, 2.45) is 17.8 Å². The fraction of sp³-hybridized carbons (Fsp3) is 0.833. The Bertz CT molecular complexity index is 419. The van der Waals surface area contributed by atoms with Crippen molar-refractivity contribution in [2.75, 3.05) is 12.4 Å². The Balaban J connectivity index is 2.00. The fourth-order valence-corrected chi connectivity index (χ4v) is 4.73. The van der Waals surface area contributed by atoms with E-state index in [-0.39, 0.29) is 5.91 Å². The van der Waals surface area contributed by atoms with Gasteiger partial charge in [-0.3, -0.25) is 4.79 Å². The Hall–Kier alpha value is -0.640. The zero-order chi connectivity index (χ0) is 16.1. The Morgan fingerprint density at radius 1 is 1.32 bits per heavy atom. The average Bonchev–Trinajstić information content (AvgIpc) is 2.47. The van der Waals surface area contributed by atoms with Crippen molar-refractivity contribution < 1.29 is 9.53 Å². The molecule has 1 N–H and O–H groups in total. The predicted molar refractivity (Wildman–Crippen MR) is 93.6 cm³/mol. The maximum absolute atomic E-state index is 12.6. The van der Waals surface area contributed by atoms with Crippen molar-refractivity contribution in [3.63, 3.8) is 0 Å². The minimum Gasteiger partial charge on any atom is -0.496 e. The summed E-state index contributed by atoms with van der Waals surface area (Å²) in [5, 5.41) is 3.33. The number of amides is 1. The quantitative estimate of drug-likeness (QED) is 0.817. The molecule has 126 valence electrons. The Morgan fingerprint density at radius 2 is 2.05 bits per heavy atom. The molecule has 2 rings (SSSR count). The molecule has 3 unspecified atom stereocenters. The van der Waals surface area contributed by atoms with Gasteiger partial charge in [0.2, 0.25) is 0 Å². The van der Waals surface area contributed by atoms with Crippen LogP contribution >= 0.6 is 11.8 Å². The smallest absolute Gasteiger partial charge is 0.261 e. The highest BCUT2D eigenvalue weighted by Crippen LogP contribution is 2.34. The molecule has 1 saturated carbocycles. The van der Waals surface area contributed by atoms with Crippen molar-refractivity contribution in [1.29, 1.82) is 0 Å². The molecule has 0 spiro atoms. The average molecular weight is 326 g/mol. The van der Waals surface area contributed by atoms with Gasteiger partial charge in [-0.15, -0.1) is 11.8 Å². The first-order valence-corrected chi connectivity index (χ1v) is 9.75. The summed E-state index contributed by atoms with van der Waals surface area (Å²) in [5.41, 5.74) is 0. The van der Waals surface area contributed by atoms with Crippen LogP contribution < -0.4 is 5.32 Å². The van der Waals surface area contributed by atoms with Gasteiger partial charge in [0.05, 0.1) is 6.61 Å². The monoisotopic (exact) mass is 325 g/mol. The van der Waals surface area contributed by atoms with E-state index >= 15 is 0 Å². The van der Waals surface area contributed by atoms with Crippen LogP contribution in [0.4, 0.5) is 0 Å². The van der Waals surface area contributed by atoms with Crippen LogP contribution in [0.3, 0.4) is 0 Å². The van der Waals surface area contributed by atoms with Gasteiger partial charge in [-0.25, -0.2) is 0 Å². The first-order chi connectivity index (χ1) is 10.5. The van der Waals surface area contributed by atoms with Gasteiger partial charge in [0, 0.05) is 11.8 Å². The number of rotatable bonds is 5. The van der Waals surface area contributed by atoms with Crippen LogP contribution in [0, 0.1) is 17.8 Å². The first-order valence-electron chi connectivity index (χ1n) is 8.76. The second-order valence-corrected chi connectivity index (χ2v) is 8.32. The fourth-order valence-electron chi connectivity index (χ4n) is 3.90. The lowest BCUT2D eigenvalue weighted by Gasteiger charge is -2.37. The third-order valence-corrected chi connectivity index (χ3v) is 6.02. The second kappa shape index (κ2) is 8.28. The van der Waals surface area contributed by atoms with Crippen molar-refractivity contribution in [1.82, 2.24) is 5.32 Å². The Kier molecular flexibility index (Phi) is 6.66. The molecule has 1 aliphatic heterocycles. The van der Waals surface area contributed by atoms with E-state index < -0.39 is 0 Å². The molecule has 1 amide bonds. The molecule has 0 aromatic carbocycles. The Labute approximate surface area is 139 Å². The molecule has 3 nitrogen and oxygen atoms in total. The number of carbonyl (C=O) groups is 1. The van der Waals surface area contributed by atoms with E-state index in [2.05, 4.69) is 26.1 Å². The van der Waals surface area contributed by atoms with E-state index in [0.717, 1.165) is 28.8 Å². The highest BCUT2D eigenvalue weighted by molar-refractivity contribution is 8.04. The van der Waals surface area contributed by atoms with Gasteiger partial charge in [-0.1, -0.05) is 33.6 Å². The number of allylic oxidation sites excluding steroid dienone is 1. The number of nitrogens with one attached hydrogen (secondary N) is 1. The summed E-state index contributed by atoms with van der Waals surface area (Å²) < 4.78 is 5.53. The van der Waals surface area contributed by atoms with Crippen LogP contribution in [-0.2, 0) is 9.53 Å². The number of hydrogen-bond donors (Lipinski definition) is 1. The van der Waals surface area contributed by atoms with Crippen LogP contribution in [0.1, 0.15) is 59.8 Å². The van der Waals surface area contributed by atoms with Crippen molar-refractivity contribution in [2.45, 2.75) is 65.8 Å². The summed E-state index contributed by atoms with van der Waals surface area (Å²) in [6.45, 7) is 9.55. The zero-order valence-corrected chi connectivity index (χ0v) is 15.3. The van der Waals surface area contributed by atoms with Gasteiger partial charge in [-0.2, -0.15) is 0 Å². The molecule has 2 aliphatic rings. The van der Waals surface area contributed by atoms with E-state index in [4.69, 9.17) is 4.74 Å². The molecule has 22 heavy (non-hydrogen) atoms. The van der Waals surface area contributed by atoms with Crippen molar-refractivity contribution in [3.8, 4) is 0 Å². The van der Waals surface area contributed by atoms with Crippen LogP contribution in [0.25, 0.3) is 0 Å². The summed E-state index contributed by atoms with van der Waals surface area (Å²) in [7, 11) is 0. The van der Waals surface area contributed by atoms with Crippen LogP contribution in [-0.4, -0.2) is 24.3 Å². The lowest BCUT2D eigenvalue weighted by Crippen LogP contribution is -2.45. The molecule has 1 fully saturated rings. The number of ether oxygens (including phenoxy) is 1. The van der Waals surface area contributed by atoms with Crippen LogP contribution in [0.5, 0.6) is 0 Å². The molecule has 0 bridgehead atoms. The number of carbonyl (C=O) groups excluding carboxylic acids is 1. The van der Waals surface area contributed by atoms with Gasteiger partial charge in [0.25, 0.3) is 5.91 Å². The van der Waals surface area contributed by atoms with Gasteiger partial charge >= 0.3 is 0 Å². The predicted octanol–water partition coefficient (Wildman–Crippen LogP) is 4.34. The summed E-state index contributed by atoms with van der Waals surface area (Å²) in [6, 6.07) is 0.331. The van der Waals surface area contributed by atoms with Gasteiger partial charge in [0.15, 0.2) is 0 Å². The minimum absolute atomic E-state index is 0.0795. The number of hydrogen-bond acceptors (Lipinski definition) is 3. The highest BCUT2D eigenvalue weighted by Gasteiger charge is 2.32. The summed E-state index contributed by atoms with van der Waals surface area (Å²) in [5.74, 6) is 3.76. The lowest BCUT2D eigenvalue weighted by molar-refractivity contribution is -0.118. The molecule has 1 aliphatic carbocycles. The third-order valence-electron chi connectivity index (χ3n) is 4.88. The maximum Gasteiger partial charge on any atom is 0.261 e.